The van der Waals surface area contributed by atoms with Gasteiger partial charge in [0, 0.05) is 17.4 Å². The lowest BCUT2D eigenvalue weighted by Gasteiger charge is -2.27. The highest BCUT2D eigenvalue weighted by atomic mass is 35.5. The maximum Gasteiger partial charge on any atom is 0.0560 e. The average Bonchev–Trinajstić information content (AvgIpc) is 2.31. The smallest absolute Gasteiger partial charge is 0.0560 e. The molecule has 0 aliphatic carbocycles. The van der Waals surface area contributed by atoms with Crippen LogP contribution in [0, 0.1) is 5.41 Å². The SMILES string of the molecule is C=C1C=CSC/C(=C\C(Cl)=C/N)C1(C)C. The van der Waals surface area contributed by atoms with Crippen LogP contribution < -0.4 is 5.73 Å². The Morgan fingerprint density at radius 3 is 2.93 bits per heavy atom. The van der Waals surface area contributed by atoms with E-state index in [-0.39, 0.29) is 5.41 Å². The minimum absolute atomic E-state index is 0.0524. The molecule has 0 amide bonds. The molecule has 82 valence electrons. The minimum atomic E-state index is -0.0524. The first-order valence-corrected chi connectivity index (χ1v) is 6.17. The third-order valence-corrected chi connectivity index (χ3v) is 3.72. The van der Waals surface area contributed by atoms with Crippen LogP contribution in [0.15, 0.2) is 46.5 Å². The van der Waals surface area contributed by atoms with Crippen molar-refractivity contribution in [3.05, 3.63) is 46.5 Å². The van der Waals surface area contributed by atoms with Crippen molar-refractivity contribution < 1.29 is 0 Å². The second kappa shape index (κ2) is 4.95. The van der Waals surface area contributed by atoms with Gasteiger partial charge in [0.15, 0.2) is 0 Å². The van der Waals surface area contributed by atoms with Crippen LogP contribution in [-0.2, 0) is 0 Å². The third kappa shape index (κ3) is 2.93. The first kappa shape index (κ1) is 12.5. The molecule has 0 atom stereocenters. The summed E-state index contributed by atoms with van der Waals surface area (Å²) in [4.78, 5) is 0. The van der Waals surface area contributed by atoms with Crippen LogP contribution in [0.3, 0.4) is 0 Å². The highest BCUT2D eigenvalue weighted by molar-refractivity contribution is 8.02. The Labute approximate surface area is 101 Å². The monoisotopic (exact) mass is 241 g/mol. The summed E-state index contributed by atoms with van der Waals surface area (Å²) in [5, 5.41) is 2.65. The Morgan fingerprint density at radius 2 is 2.33 bits per heavy atom. The van der Waals surface area contributed by atoms with Gasteiger partial charge in [-0.15, -0.1) is 11.8 Å². The summed E-state index contributed by atoms with van der Waals surface area (Å²) in [6.45, 7) is 8.38. The highest BCUT2D eigenvalue weighted by Crippen LogP contribution is 2.40. The summed E-state index contributed by atoms with van der Waals surface area (Å²) in [6, 6.07) is 0. The maximum atomic E-state index is 5.93. The van der Waals surface area contributed by atoms with Gasteiger partial charge in [-0.3, -0.25) is 0 Å². The van der Waals surface area contributed by atoms with Crippen LogP contribution in [0.4, 0.5) is 0 Å². The Kier molecular flexibility index (Phi) is 4.12. The van der Waals surface area contributed by atoms with Crippen LogP contribution in [0.1, 0.15) is 13.8 Å². The van der Waals surface area contributed by atoms with Gasteiger partial charge in [-0.1, -0.05) is 38.1 Å². The zero-order chi connectivity index (χ0) is 11.5. The van der Waals surface area contributed by atoms with Gasteiger partial charge < -0.3 is 5.73 Å². The molecule has 0 saturated heterocycles. The molecule has 0 aromatic carbocycles. The van der Waals surface area contributed by atoms with E-state index in [1.54, 1.807) is 11.8 Å². The predicted molar refractivity (Wildman–Crippen MR) is 70.7 cm³/mol. The molecule has 0 fully saturated rings. The standard InChI is InChI=1S/C12H16ClNS/c1-9-4-5-15-8-10(12(9,2)3)6-11(13)7-14/h4-7H,1,8,14H2,2-3H3/b10-6+,11-7+. The van der Waals surface area contributed by atoms with E-state index in [9.17, 15) is 0 Å². The fourth-order valence-corrected chi connectivity index (χ4v) is 2.41. The van der Waals surface area contributed by atoms with Crippen LogP contribution >= 0.6 is 23.4 Å². The Hall–Kier alpha value is -0.600. The molecular formula is C12H16ClNS. The van der Waals surface area contributed by atoms with Gasteiger partial charge in [0.05, 0.1) is 5.03 Å². The van der Waals surface area contributed by atoms with E-state index in [4.69, 9.17) is 17.3 Å². The van der Waals surface area contributed by atoms with Gasteiger partial charge in [0.2, 0.25) is 0 Å². The van der Waals surface area contributed by atoms with Crippen molar-refractivity contribution >= 4 is 23.4 Å². The molecule has 0 saturated carbocycles. The predicted octanol–water partition coefficient (Wildman–Crippen LogP) is 3.79. The van der Waals surface area contributed by atoms with E-state index < -0.39 is 0 Å². The topological polar surface area (TPSA) is 26.0 Å². The molecule has 1 rings (SSSR count). The second-order valence-electron chi connectivity index (χ2n) is 3.99. The lowest BCUT2D eigenvalue weighted by molar-refractivity contribution is 0.557. The molecule has 0 spiro atoms. The van der Waals surface area contributed by atoms with E-state index >= 15 is 0 Å². The number of allylic oxidation sites excluding steroid dienone is 4. The molecule has 1 nitrogen and oxygen atoms in total. The van der Waals surface area contributed by atoms with Gasteiger partial charge in [-0.2, -0.15) is 0 Å². The van der Waals surface area contributed by atoms with Crippen molar-refractivity contribution in [2.75, 3.05) is 5.75 Å². The summed E-state index contributed by atoms with van der Waals surface area (Å²) in [5.41, 5.74) is 7.66. The molecule has 0 aromatic heterocycles. The second-order valence-corrected chi connectivity index (χ2v) is 5.32. The molecule has 2 N–H and O–H groups in total. The summed E-state index contributed by atoms with van der Waals surface area (Å²) < 4.78 is 0. The summed E-state index contributed by atoms with van der Waals surface area (Å²) >= 11 is 7.67. The van der Waals surface area contributed by atoms with Gasteiger partial charge in [-0.05, 0) is 22.6 Å². The fourth-order valence-electron chi connectivity index (χ4n) is 1.30. The zero-order valence-corrected chi connectivity index (χ0v) is 10.7. The van der Waals surface area contributed by atoms with Crippen molar-refractivity contribution in [1.29, 1.82) is 0 Å². The van der Waals surface area contributed by atoms with Crippen molar-refractivity contribution in [2.45, 2.75) is 13.8 Å². The highest BCUT2D eigenvalue weighted by Gasteiger charge is 2.26. The fraction of sp³-hybridized carbons (Fsp3) is 0.333. The largest absolute Gasteiger partial charge is 0.403 e. The first-order valence-electron chi connectivity index (χ1n) is 4.74. The zero-order valence-electron chi connectivity index (χ0n) is 9.09. The number of thioether (sulfide) groups is 1. The van der Waals surface area contributed by atoms with Crippen molar-refractivity contribution in [3.8, 4) is 0 Å². The molecule has 3 heteroatoms. The molecule has 0 unspecified atom stereocenters. The summed E-state index contributed by atoms with van der Waals surface area (Å²) in [6.07, 6.45) is 5.41. The molecule has 1 aliphatic rings. The van der Waals surface area contributed by atoms with E-state index in [1.807, 2.05) is 6.08 Å². The number of hydrogen-bond acceptors (Lipinski definition) is 2. The Balaban J connectivity index is 3.08. The van der Waals surface area contributed by atoms with Gasteiger partial charge >= 0.3 is 0 Å². The molecule has 1 heterocycles. The quantitative estimate of drug-likeness (QED) is 0.756. The van der Waals surface area contributed by atoms with E-state index in [0.717, 1.165) is 11.3 Å². The lowest BCUT2D eigenvalue weighted by Crippen LogP contribution is -2.17. The normalized spacial score (nSPS) is 24.3. The van der Waals surface area contributed by atoms with E-state index in [1.165, 1.54) is 11.8 Å². The van der Waals surface area contributed by atoms with Gasteiger partial charge in [0.1, 0.15) is 0 Å². The number of nitrogens with two attached hydrogens (primary N) is 1. The lowest BCUT2D eigenvalue weighted by atomic mass is 9.78. The molecular weight excluding hydrogens is 226 g/mol. The number of hydrogen-bond donors (Lipinski definition) is 1. The van der Waals surface area contributed by atoms with Gasteiger partial charge in [0.25, 0.3) is 0 Å². The molecule has 0 radical (unpaired) electrons. The molecule has 0 aromatic rings. The van der Waals surface area contributed by atoms with Crippen LogP contribution in [0.5, 0.6) is 0 Å². The number of rotatable bonds is 1. The molecule has 1 aliphatic heterocycles. The Morgan fingerprint density at radius 1 is 1.67 bits per heavy atom. The maximum absolute atomic E-state index is 5.93. The van der Waals surface area contributed by atoms with Crippen LogP contribution in [0.2, 0.25) is 0 Å². The molecule has 0 bridgehead atoms. The van der Waals surface area contributed by atoms with E-state index in [0.29, 0.717) is 5.03 Å². The minimum Gasteiger partial charge on any atom is -0.403 e. The summed E-state index contributed by atoms with van der Waals surface area (Å²) in [5.74, 6) is 0.923. The van der Waals surface area contributed by atoms with Crippen LogP contribution in [0.25, 0.3) is 0 Å². The van der Waals surface area contributed by atoms with Crippen molar-refractivity contribution in [3.63, 3.8) is 0 Å². The number of halogens is 1. The van der Waals surface area contributed by atoms with Crippen LogP contribution in [-0.4, -0.2) is 5.75 Å². The summed E-state index contributed by atoms with van der Waals surface area (Å²) in [7, 11) is 0. The Bertz CT molecular complexity index is 351. The van der Waals surface area contributed by atoms with Gasteiger partial charge in [-0.25, -0.2) is 0 Å². The van der Waals surface area contributed by atoms with Crippen molar-refractivity contribution in [2.24, 2.45) is 11.1 Å². The molecule has 15 heavy (non-hydrogen) atoms. The third-order valence-electron chi connectivity index (χ3n) is 2.68. The average molecular weight is 242 g/mol. The van der Waals surface area contributed by atoms with Crippen molar-refractivity contribution in [1.82, 2.24) is 0 Å². The first-order chi connectivity index (χ1) is 6.98. The van der Waals surface area contributed by atoms with E-state index in [2.05, 4.69) is 31.9 Å².